The molecule has 0 saturated carbocycles. The third-order valence-corrected chi connectivity index (χ3v) is 7.45. The van der Waals surface area contributed by atoms with E-state index in [2.05, 4.69) is 24.5 Å². The number of hydrogen-bond acceptors (Lipinski definition) is 5. The van der Waals surface area contributed by atoms with Crippen LogP contribution in [0.3, 0.4) is 0 Å². The first-order valence-corrected chi connectivity index (χ1v) is 12.5. The second kappa shape index (κ2) is 10.8. The lowest BCUT2D eigenvalue weighted by Gasteiger charge is -2.34. The van der Waals surface area contributed by atoms with Crippen molar-refractivity contribution in [1.29, 1.82) is 0 Å². The Labute approximate surface area is 195 Å². The summed E-state index contributed by atoms with van der Waals surface area (Å²) in [5.41, 5.74) is 0.894. The summed E-state index contributed by atoms with van der Waals surface area (Å²) < 4.78 is 32.7. The van der Waals surface area contributed by atoms with E-state index < -0.39 is 10.0 Å². The Morgan fingerprint density at radius 1 is 1.03 bits per heavy atom. The fourth-order valence-corrected chi connectivity index (χ4v) is 5.78. The van der Waals surface area contributed by atoms with E-state index in [-0.39, 0.29) is 29.7 Å². The van der Waals surface area contributed by atoms with Gasteiger partial charge in [-0.1, -0.05) is 26.0 Å². The van der Waals surface area contributed by atoms with E-state index >= 15 is 0 Å². The van der Waals surface area contributed by atoms with E-state index in [0.717, 1.165) is 6.42 Å². The highest BCUT2D eigenvalue weighted by atomic mass is 32.2. The fraction of sp³-hybridized carbons (Fsp3) is 0.417. The second-order valence-electron chi connectivity index (χ2n) is 8.55. The maximum Gasteiger partial charge on any atom is 0.255 e. The Balaban J connectivity index is 1.52. The van der Waals surface area contributed by atoms with Gasteiger partial charge in [-0.05, 0) is 54.7 Å². The van der Waals surface area contributed by atoms with Gasteiger partial charge in [0.15, 0.2) is 0 Å². The molecule has 0 aliphatic carbocycles. The Morgan fingerprint density at radius 2 is 1.67 bits per heavy atom. The van der Waals surface area contributed by atoms with E-state index in [1.807, 2.05) is 0 Å². The lowest BCUT2D eigenvalue weighted by atomic mass is 9.94. The Kier molecular flexibility index (Phi) is 8.10. The molecule has 0 spiro atoms. The predicted octanol–water partition coefficient (Wildman–Crippen LogP) is 3.12. The second-order valence-corrected chi connectivity index (χ2v) is 10.5. The molecule has 0 radical (unpaired) electrons. The summed E-state index contributed by atoms with van der Waals surface area (Å²) in [6, 6.07) is 13.0. The summed E-state index contributed by atoms with van der Waals surface area (Å²) in [7, 11) is -2.08. The van der Waals surface area contributed by atoms with Crippen LogP contribution in [-0.2, 0) is 14.8 Å². The number of methoxy groups -OCH3 is 1. The maximum atomic E-state index is 13.0. The van der Waals surface area contributed by atoms with Crippen molar-refractivity contribution in [2.24, 2.45) is 11.8 Å². The van der Waals surface area contributed by atoms with E-state index in [4.69, 9.17) is 4.74 Å². The van der Waals surface area contributed by atoms with Gasteiger partial charge in [0.25, 0.3) is 5.91 Å². The predicted molar refractivity (Wildman–Crippen MR) is 127 cm³/mol. The first-order valence-electron chi connectivity index (χ1n) is 11.0. The number of hydrogen-bond donors (Lipinski definition) is 2. The van der Waals surface area contributed by atoms with Crippen molar-refractivity contribution in [3.8, 4) is 5.75 Å². The van der Waals surface area contributed by atoms with Crippen LogP contribution in [0.1, 0.15) is 37.0 Å². The van der Waals surface area contributed by atoms with E-state index in [1.54, 1.807) is 40.7 Å². The van der Waals surface area contributed by atoms with Crippen molar-refractivity contribution >= 4 is 27.5 Å². The molecular formula is C24H31N3O5S. The molecule has 2 atom stereocenters. The third-order valence-electron chi connectivity index (χ3n) is 5.60. The standard InChI is InChI=1S/C24H31N3O5S/c1-17-14-18(2)16-27(15-17)33(30,31)20-10-8-19(9-11-20)26-23(28)12-13-25-24(29)21-6-4-5-7-22(21)32-3/h4-11,17-18H,12-16H2,1-3H3,(H,25,29)(H,26,28)/t17-,18-/m1/s1. The molecule has 0 unspecified atom stereocenters. The quantitative estimate of drug-likeness (QED) is 0.613. The molecule has 3 rings (SSSR count). The van der Waals surface area contributed by atoms with Crippen molar-refractivity contribution < 1.29 is 22.7 Å². The van der Waals surface area contributed by atoms with Crippen LogP contribution in [0.5, 0.6) is 5.75 Å². The van der Waals surface area contributed by atoms with Crippen LogP contribution in [0.2, 0.25) is 0 Å². The Bertz CT molecular complexity index is 1080. The van der Waals surface area contributed by atoms with Crippen molar-refractivity contribution in [1.82, 2.24) is 9.62 Å². The van der Waals surface area contributed by atoms with Gasteiger partial charge < -0.3 is 15.4 Å². The average molecular weight is 474 g/mol. The molecule has 178 valence electrons. The smallest absolute Gasteiger partial charge is 0.255 e. The monoisotopic (exact) mass is 473 g/mol. The van der Waals surface area contributed by atoms with Gasteiger partial charge in [0, 0.05) is 31.7 Å². The first kappa shape index (κ1) is 24.7. The normalized spacial score (nSPS) is 19.0. The van der Waals surface area contributed by atoms with Gasteiger partial charge in [-0.3, -0.25) is 9.59 Å². The molecule has 1 heterocycles. The van der Waals surface area contributed by atoms with E-state index in [1.165, 1.54) is 19.2 Å². The fourth-order valence-electron chi connectivity index (χ4n) is 4.10. The topological polar surface area (TPSA) is 105 Å². The van der Waals surface area contributed by atoms with Gasteiger partial charge in [0.1, 0.15) is 5.75 Å². The Hall–Kier alpha value is -2.91. The van der Waals surface area contributed by atoms with Gasteiger partial charge in [-0.25, -0.2) is 8.42 Å². The highest BCUT2D eigenvalue weighted by Crippen LogP contribution is 2.27. The highest BCUT2D eigenvalue weighted by Gasteiger charge is 2.31. The molecule has 1 fully saturated rings. The molecule has 1 aliphatic heterocycles. The molecule has 2 aromatic carbocycles. The number of rotatable bonds is 8. The average Bonchev–Trinajstić information content (AvgIpc) is 2.78. The molecule has 2 amide bonds. The molecule has 0 aromatic heterocycles. The molecule has 33 heavy (non-hydrogen) atoms. The van der Waals surface area contributed by atoms with E-state index in [9.17, 15) is 18.0 Å². The number of anilines is 1. The number of amides is 2. The van der Waals surface area contributed by atoms with Crippen LogP contribution in [0.25, 0.3) is 0 Å². The molecule has 9 heteroatoms. The molecule has 2 aromatic rings. The largest absolute Gasteiger partial charge is 0.496 e. The summed E-state index contributed by atoms with van der Waals surface area (Å²) in [6.45, 7) is 5.32. The number of piperidine rings is 1. The van der Waals surface area contributed by atoms with Crippen LogP contribution >= 0.6 is 0 Å². The van der Waals surface area contributed by atoms with Crippen molar-refractivity contribution in [3.05, 3.63) is 54.1 Å². The summed E-state index contributed by atoms with van der Waals surface area (Å²) in [4.78, 5) is 24.7. The van der Waals surface area contributed by atoms with Gasteiger partial charge in [0.2, 0.25) is 15.9 Å². The zero-order valence-corrected chi connectivity index (χ0v) is 20.0. The molecule has 0 bridgehead atoms. The van der Waals surface area contributed by atoms with Crippen molar-refractivity contribution in [3.63, 3.8) is 0 Å². The van der Waals surface area contributed by atoms with E-state index in [0.29, 0.717) is 41.9 Å². The van der Waals surface area contributed by atoms with Gasteiger partial charge >= 0.3 is 0 Å². The molecule has 8 nitrogen and oxygen atoms in total. The number of nitrogens with one attached hydrogen (secondary N) is 2. The first-order chi connectivity index (χ1) is 15.7. The summed E-state index contributed by atoms with van der Waals surface area (Å²) >= 11 is 0. The van der Waals surface area contributed by atoms with Crippen LogP contribution in [0.15, 0.2) is 53.4 Å². The van der Waals surface area contributed by atoms with Crippen LogP contribution in [-0.4, -0.2) is 51.3 Å². The van der Waals surface area contributed by atoms with Gasteiger partial charge in [-0.2, -0.15) is 4.31 Å². The highest BCUT2D eigenvalue weighted by molar-refractivity contribution is 7.89. The number of ether oxygens (including phenoxy) is 1. The molecule has 2 N–H and O–H groups in total. The number of para-hydroxylation sites is 1. The maximum absolute atomic E-state index is 13.0. The summed E-state index contributed by atoms with van der Waals surface area (Å²) in [5.74, 6) is 0.500. The minimum atomic E-state index is -3.57. The lowest BCUT2D eigenvalue weighted by molar-refractivity contribution is -0.116. The minimum Gasteiger partial charge on any atom is -0.496 e. The van der Waals surface area contributed by atoms with Crippen LogP contribution in [0.4, 0.5) is 5.69 Å². The minimum absolute atomic E-state index is 0.0739. The third kappa shape index (κ3) is 6.33. The van der Waals surface area contributed by atoms with Crippen LogP contribution < -0.4 is 15.4 Å². The lowest BCUT2D eigenvalue weighted by Crippen LogP contribution is -2.42. The zero-order chi connectivity index (χ0) is 24.0. The number of carbonyl (C=O) groups is 2. The molecule has 1 saturated heterocycles. The molecular weight excluding hydrogens is 442 g/mol. The number of carbonyl (C=O) groups excluding carboxylic acids is 2. The SMILES string of the molecule is COc1ccccc1C(=O)NCCC(=O)Nc1ccc(S(=O)(=O)N2C[C@H](C)C[C@@H](C)C2)cc1. The number of benzene rings is 2. The van der Waals surface area contributed by atoms with Gasteiger partial charge in [-0.15, -0.1) is 0 Å². The van der Waals surface area contributed by atoms with Crippen LogP contribution in [0, 0.1) is 11.8 Å². The summed E-state index contributed by atoms with van der Waals surface area (Å²) in [6.07, 6.45) is 1.10. The summed E-state index contributed by atoms with van der Waals surface area (Å²) in [5, 5.41) is 5.43. The van der Waals surface area contributed by atoms with Crippen molar-refractivity contribution in [2.45, 2.75) is 31.6 Å². The van der Waals surface area contributed by atoms with Crippen molar-refractivity contribution in [2.75, 3.05) is 32.1 Å². The van der Waals surface area contributed by atoms with Gasteiger partial charge in [0.05, 0.1) is 17.6 Å². The Morgan fingerprint density at radius 3 is 2.30 bits per heavy atom. The zero-order valence-electron chi connectivity index (χ0n) is 19.2. The number of nitrogens with zero attached hydrogens (tertiary/aromatic N) is 1. The number of sulfonamides is 1. The molecule has 1 aliphatic rings.